The summed E-state index contributed by atoms with van der Waals surface area (Å²) in [5.41, 5.74) is 0.735. The van der Waals surface area contributed by atoms with E-state index in [4.69, 9.17) is 16.3 Å². The molecule has 0 spiro atoms. The van der Waals surface area contributed by atoms with Crippen LogP contribution in [0.2, 0.25) is 5.02 Å². The second-order valence-corrected chi connectivity index (χ2v) is 10.9. The SMILES string of the molecule is Cc1cccc(Cl)c1NC(=O)C(c1ccc(O)cc1)N(CCO)C(=O)C(CC(C)C)NC(=O)OC(C)(C)C. The van der Waals surface area contributed by atoms with E-state index < -0.39 is 42.2 Å². The number of rotatable bonds is 10. The highest BCUT2D eigenvalue weighted by Crippen LogP contribution is 2.30. The molecule has 0 saturated carbocycles. The maximum Gasteiger partial charge on any atom is 0.408 e. The van der Waals surface area contributed by atoms with Gasteiger partial charge in [0.05, 0.1) is 17.3 Å². The van der Waals surface area contributed by atoms with Gasteiger partial charge in [-0.1, -0.05) is 49.7 Å². The van der Waals surface area contributed by atoms with Gasteiger partial charge < -0.3 is 30.5 Å². The molecule has 3 amide bonds. The molecule has 208 valence electrons. The van der Waals surface area contributed by atoms with Gasteiger partial charge in [0, 0.05) is 6.54 Å². The Morgan fingerprint density at radius 1 is 1.08 bits per heavy atom. The minimum absolute atomic E-state index is 0.0147. The number of halogens is 1. The van der Waals surface area contributed by atoms with Crippen LogP contribution in [0.15, 0.2) is 42.5 Å². The molecule has 2 unspecified atom stereocenters. The normalized spacial score (nSPS) is 13.0. The first-order chi connectivity index (χ1) is 17.7. The second-order valence-electron chi connectivity index (χ2n) is 10.5. The first kappa shape index (κ1) is 30.9. The van der Waals surface area contributed by atoms with E-state index in [2.05, 4.69) is 10.6 Å². The standard InChI is InChI=1S/C28H38ClN3O6/c1-17(2)16-22(30-27(37)38-28(4,5)6)26(36)32(14-15-33)24(19-10-12-20(34)13-11-19)25(35)31-23-18(3)8-7-9-21(23)29/h7-13,17,22,24,33-34H,14-16H2,1-6H3,(H,30,37)(H,31,35). The van der Waals surface area contributed by atoms with Gasteiger partial charge in [-0.2, -0.15) is 0 Å². The van der Waals surface area contributed by atoms with Crippen molar-refractivity contribution in [2.24, 2.45) is 5.92 Å². The van der Waals surface area contributed by atoms with Gasteiger partial charge in [0.25, 0.3) is 5.91 Å². The number of phenols is 1. The van der Waals surface area contributed by atoms with Crippen LogP contribution in [0, 0.1) is 12.8 Å². The maximum atomic E-state index is 13.9. The Kier molecular flexibility index (Phi) is 11.0. The Morgan fingerprint density at radius 3 is 2.24 bits per heavy atom. The third kappa shape index (κ3) is 8.92. The van der Waals surface area contributed by atoms with E-state index in [0.29, 0.717) is 16.3 Å². The molecule has 0 saturated heterocycles. The van der Waals surface area contributed by atoms with Crippen LogP contribution in [0.1, 0.15) is 58.2 Å². The molecule has 0 aromatic heterocycles. The topological polar surface area (TPSA) is 128 Å². The van der Waals surface area contributed by atoms with E-state index in [-0.39, 0.29) is 24.6 Å². The smallest absolute Gasteiger partial charge is 0.408 e. The Bertz CT molecular complexity index is 1090. The van der Waals surface area contributed by atoms with Crippen molar-refractivity contribution in [3.63, 3.8) is 0 Å². The zero-order valence-corrected chi connectivity index (χ0v) is 23.5. The number of aliphatic hydroxyl groups is 1. The number of alkyl carbamates (subject to hydrolysis) is 1. The number of amides is 3. The lowest BCUT2D eigenvalue weighted by atomic mass is 9.99. The van der Waals surface area contributed by atoms with Crippen molar-refractivity contribution in [1.82, 2.24) is 10.2 Å². The molecule has 9 nitrogen and oxygen atoms in total. The van der Waals surface area contributed by atoms with E-state index in [1.165, 1.54) is 29.2 Å². The lowest BCUT2D eigenvalue weighted by Gasteiger charge is -2.34. The van der Waals surface area contributed by atoms with E-state index >= 15 is 0 Å². The van der Waals surface area contributed by atoms with Crippen molar-refractivity contribution < 1.29 is 29.3 Å². The first-order valence-corrected chi connectivity index (χ1v) is 12.9. The van der Waals surface area contributed by atoms with Crippen molar-refractivity contribution >= 4 is 35.2 Å². The van der Waals surface area contributed by atoms with Crippen molar-refractivity contribution in [3.05, 3.63) is 58.6 Å². The molecule has 38 heavy (non-hydrogen) atoms. The third-order valence-corrected chi connectivity index (χ3v) is 5.87. The van der Waals surface area contributed by atoms with Crippen LogP contribution in [0.3, 0.4) is 0 Å². The van der Waals surface area contributed by atoms with Crippen molar-refractivity contribution in [3.8, 4) is 5.75 Å². The van der Waals surface area contributed by atoms with E-state index in [1.54, 1.807) is 45.9 Å². The van der Waals surface area contributed by atoms with Gasteiger partial charge in [-0.25, -0.2) is 4.79 Å². The fraction of sp³-hybridized carbons (Fsp3) is 0.464. The van der Waals surface area contributed by atoms with Crippen LogP contribution >= 0.6 is 11.6 Å². The molecule has 2 atom stereocenters. The molecule has 10 heteroatoms. The molecule has 0 bridgehead atoms. The number of nitrogens with zero attached hydrogens (tertiary/aromatic N) is 1. The number of ether oxygens (including phenoxy) is 1. The zero-order valence-electron chi connectivity index (χ0n) is 22.7. The lowest BCUT2D eigenvalue weighted by molar-refractivity contribution is -0.141. The Morgan fingerprint density at radius 2 is 1.71 bits per heavy atom. The van der Waals surface area contributed by atoms with Crippen molar-refractivity contribution in [2.75, 3.05) is 18.5 Å². The highest BCUT2D eigenvalue weighted by molar-refractivity contribution is 6.34. The Balaban J connectivity index is 2.52. The minimum atomic E-state index is -1.21. The van der Waals surface area contributed by atoms with Crippen molar-refractivity contribution in [2.45, 2.75) is 65.6 Å². The first-order valence-electron chi connectivity index (χ1n) is 12.5. The van der Waals surface area contributed by atoms with Gasteiger partial charge >= 0.3 is 6.09 Å². The highest BCUT2D eigenvalue weighted by atomic mass is 35.5. The van der Waals surface area contributed by atoms with Gasteiger partial charge in [0.15, 0.2) is 0 Å². The third-order valence-electron chi connectivity index (χ3n) is 5.56. The molecule has 2 rings (SSSR count). The Labute approximate surface area is 229 Å². The number of aryl methyl sites for hydroxylation is 1. The van der Waals surface area contributed by atoms with Crippen molar-refractivity contribution in [1.29, 1.82) is 0 Å². The Hall–Kier alpha value is -3.30. The quantitative estimate of drug-likeness (QED) is 0.338. The predicted octanol–water partition coefficient (Wildman–Crippen LogP) is 4.79. The summed E-state index contributed by atoms with van der Waals surface area (Å²) in [4.78, 5) is 41.5. The largest absolute Gasteiger partial charge is 0.508 e. The molecule has 0 heterocycles. The van der Waals surface area contributed by atoms with Gasteiger partial charge in [-0.05, 0) is 69.4 Å². The number of aliphatic hydroxyl groups excluding tert-OH is 1. The summed E-state index contributed by atoms with van der Waals surface area (Å²) in [5, 5.41) is 25.5. The number of aromatic hydroxyl groups is 1. The van der Waals surface area contributed by atoms with Gasteiger partial charge in [0.1, 0.15) is 23.4 Å². The molecule has 2 aromatic carbocycles. The zero-order chi connectivity index (χ0) is 28.6. The van der Waals surface area contributed by atoms with Crippen LogP contribution < -0.4 is 10.6 Å². The maximum absolute atomic E-state index is 13.9. The minimum Gasteiger partial charge on any atom is -0.508 e. The molecule has 0 fully saturated rings. The van der Waals surface area contributed by atoms with E-state index in [1.807, 2.05) is 13.8 Å². The predicted molar refractivity (Wildman–Crippen MR) is 147 cm³/mol. The lowest BCUT2D eigenvalue weighted by Crippen LogP contribution is -2.53. The van der Waals surface area contributed by atoms with Gasteiger partial charge in [0.2, 0.25) is 5.91 Å². The van der Waals surface area contributed by atoms with Crippen LogP contribution in [0.25, 0.3) is 0 Å². The molecule has 0 aliphatic heterocycles. The number of phenolic OH excluding ortho intramolecular Hbond substituents is 1. The van der Waals surface area contributed by atoms with Gasteiger partial charge in [-0.3, -0.25) is 9.59 Å². The van der Waals surface area contributed by atoms with Crippen LogP contribution in [0.4, 0.5) is 10.5 Å². The summed E-state index contributed by atoms with van der Waals surface area (Å²) in [5.74, 6) is -1.14. The van der Waals surface area contributed by atoms with Crippen LogP contribution in [-0.4, -0.2) is 57.8 Å². The number of hydrogen-bond donors (Lipinski definition) is 4. The number of anilines is 1. The number of carbonyl (C=O) groups is 3. The highest BCUT2D eigenvalue weighted by Gasteiger charge is 2.36. The van der Waals surface area contributed by atoms with E-state index in [0.717, 1.165) is 5.56 Å². The molecular formula is C28H38ClN3O6. The fourth-order valence-electron chi connectivity index (χ4n) is 3.93. The number of para-hydroxylation sites is 1. The molecule has 4 N–H and O–H groups in total. The summed E-state index contributed by atoms with van der Waals surface area (Å²) >= 11 is 6.34. The average molecular weight is 548 g/mol. The molecule has 0 aliphatic rings. The average Bonchev–Trinajstić information content (AvgIpc) is 2.80. The number of hydrogen-bond acceptors (Lipinski definition) is 6. The molecule has 0 aliphatic carbocycles. The van der Waals surface area contributed by atoms with Gasteiger partial charge in [-0.15, -0.1) is 0 Å². The summed E-state index contributed by atoms with van der Waals surface area (Å²) in [6.45, 7) is 10.1. The van der Waals surface area contributed by atoms with Crippen LogP contribution in [-0.2, 0) is 14.3 Å². The molecule has 0 radical (unpaired) electrons. The van der Waals surface area contributed by atoms with E-state index in [9.17, 15) is 24.6 Å². The second kappa shape index (κ2) is 13.5. The summed E-state index contributed by atoms with van der Waals surface area (Å²) in [7, 11) is 0. The number of benzene rings is 2. The summed E-state index contributed by atoms with van der Waals surface area (Å²) in [6.07, 6.45) is -0.495. The summed E-state index contributed by atoms with van der Waals surface area (Å²) in [6, 6.07) is 8.81. The number of nitrogens with one attached hydrogen (secondary N) is 2. The summed E-state index contributed by atoms with van der Waals surface area (Å²) < 4.78 is 5.36. The molecule has 2 aromatic rings. The fourth-order valence-corrected chi connectivity index (χ4v) is 4.20. The monoisotopic (exact) mass is 547 g/mol. The van der Waals surface area contributed by atoms with Crippen LogP contribution in [0.5, 0.6) is 5.75 Å². The molecular weight excluding hydrogens is 510 g/mol. The number of carbonyl (C=O) groups excluding carboxylic acids is 3.